The quantitative estimate of drug-likeness (QED) is 0.784. The van der Waals surface area contributed by atoms with Gasteiger partial charge in [0, 0.05) is 6.54 Å². The van der Waals surface area contributed by atoms with Crippen molar-refractivity contribution in [3.8, 4) is 5.75 Å². The van der Waals surface area contributed by atoms with Crippen LogP contribution in [0.25, 0.3) is 0 Å². The third-order valence-electron chi connectivity index (χ3n) is 3.40. The van der Waals surface area contributed by atoms with E-state index in [0.717, 1.165) is 17.9 Å². The predicted octanol–water partition coefficient (Wildman–Crippen LogP) is 2.93. The SMILES string of the molecule is CCc1ccc(OCC(O)CN[C@H](C)c2ccco2)cc1. The molecule has 1 aromatic heterocycles. The third-order valence-corrected chi connectivity index (χ3v) is 3.40. The topological polar surface area (TPSA) is 54.6 Å². The Labute approximate surface area is 125 Å². The van der Waals surface area contributed by atoms with Gasteiger partial charge in [0.05, 0.1) is 12.3 Å². The minimum Gasteiger partial charge on any atom is -0.491 e. The number of aliphatic hydroxyl groups is 1. The van der Waals surface area contributed by atoms with Crippen LogP contribution in [0.3, 0.4) is 0 Å². The number of rotatable bonds is 8. The standard InChI is InChI=1S/C17H23NO3/c1-3-14-6-8-16(9-7-14)21-12-15(19)11-18-13(2)17-5-4-10-20-17/h4-10,13,15,18-19H,3,11-12H2,1-2H3/t13-,15?/m1/s1. The average molecular weight is 289 g/mol. The first-order chi connectivity index (χ1) is 10.2. The van der Waals surface area contributed by atoms with Gasteiger partial charge in [0.25, 0.3) is 0 Å². The molecule has 0 bridgehead atoms. The Kier molecular flexibility index (Phi) is 5.84. The van der Waals surface area contributed by atoms with E-state index in [1.807, 2.05) is 43.3 Å². The van der Waals surface area contributed by atoms with Crippen molar-refractivity contribution in [2.75, 3.05) is 13.2 Å². The fraction of sp³-hybridized carbons (Fsp3) is 0.412. The zero-order chi connectivity index (χ0) is 15.1. The molecule has 0 spiro atoms. The summed E-state index contributed by atoms with van der Waals surface area (Å²) in [6.45, 7) is 4.83. The molecule has 2 atom stereocenters. The summed E-state index contributed by atoms with van der Waals surface area (Å²) in [4.78, 5) is 0. The van der Waals surface area contributed by atoms with Crippen molar-refractivity contribution >= 4 is 0 Å². The van der Waals surface area contributed by atoms with Gasteiger partial charge in [-0.05, 0) is 43.2 Å². The Morgan fingerprint density at radius 2 is 2.00 bits per heavy atom. The molecule has 0 amide bonds. The molecule has 0 aliphatic carbocycles. The summed E-state index contributed by atoms with van der Waals surface area (Å²) in [5.74, 6) is 1.64. The van der Waals surface area contributed by atoms with E-state index in [0.29, 0.717) is 6.54 Å². The van der Waals surface area contributed by atoms with Crippen LogP contribution >= 0.6 is 0 Å². The van der Waals surface area contributed by atoms with Gasteiger partial charge in [-0.25, -0.2) is 0 Å². The summed E-state index contributed by atoms with van der Waals surface area (Å²) in [5.41, 5.74) is 1.27. The zero-order valence-electron chi connectivity index (χ0n) is 12.6. The van der Waals surface area contributed by atoms with E-state index in [9.17, 15) is 5.11 Å². The minimum absolute atomic E-state index is 0.0680. The van der Waals surface area contributed by atoms with Gasteiger partial charge in [-0.2, -0.15) is 0 Å². The molecule has 1 unspecified atom stereocenters. The summed E-state index contributed by atoms with van der Waals surface area (Å²) >= 11 is 0. The largest absolute Gasteiger partial charge is 0.491 e. The molecule has 0 fully saturated rings. The second kappa shape index (κ2) is 7.86. The maximum absolute atomic E-state index is 9.94. The van der Waals surface area contributed by atoms with Gasteiger partial charge < -0.3 is 19.6 Å². The fourth-order valence-electron chi connectivity index (χ4n) is 2.02. The second-order valence-electron chi connectivity index (χ2n) is 5.11. The van der Waals surface area contributed by atoms with Crippen molar-refractivity contribution < 1.29 is 14.3 Å². The van der Waals surface area contributed by atoms with Crippen molar-refractivity contribution in [2.45, 2.75) is 32.4 Å². The number of ether oxygens (including phenoxy) is 1. The number of nitrogens with one attached hydrogen (secondary N) is 1. The van der Waals surface area contributed by atoms with Crippen LogP contribution in [0, 0.1) is 0 Å². The van der Waals surface area contributed by atoms with E-state index in [4.69, 9.17) is 9.15 Å². The lowest BCUT2D eigenvalue weighted by Gasteiger charge is -2.16. The highest BCUT2D eigenvalue weighted by atomic mass is 16.5. The van der Waals surface area contributed by atoms with E-state index < -0.39 is 6.10 Å². The van der Waals surface area contributed by atoms with E-state index in [-0.39, 0.29) is 12.6 Å². The van der Waals surface area contributed by atoms with E-state index >= 15 is 0 Å². The van der Waals surface area contributed by atoms with Crippen LogP contribution < -0.4 is 10.1 Å². The highest BCUT2D eigenvalue weighted by Crippen LogP contribution is 2.14. The normalized spacial score (nSPS) is 13.9. The van der Waals surface area contributed by atoms with Gasteiger partial charge in [-0.15, -0.1) is 0 Å². The highest BCUT2D eigenvalue weighted by Gasteiger charge is 2.11. The molecular weight excluding hydrogens is 266 g/mol. The van der Waals surface area contributed by atoms with Crippen LogP contribution in [0.4, 0.5) is 0 Å². The number of furan rings is 1. The Bertz CT molecular complexity index is 507. The molecule has 114 valence electrons. The first-order valence-electron chi connectivity index (χ1n) is 7.35. The molecule has 0 aliphatic rings. The molecule has 21 heavy (non-hydrogen) atoms. The van der Waals surface area contributed by atoms with E-state index in [1.54, 1.807) is 6.26 Å². The lowest BCUT2D eigenvalue weighted by atomic mass is 10.2. The molecule has 0 saturated carbocycles. The molecule has 4 heteroatoms. The van der Waals surface area contributed by atoms with E-state index in [1.165, 1.54) is 5.56 Å². The average Bonchev–Trinajstić information content (AvgIpc) is 3.05. The zero-order valence-corrected chi connectivity index (χ0v) is 12.6. The van der Waals surface area contributed by atoms with Crippen LogP contribution in [-0.4, -0.2) is 24.4 Å². The summed E-state index contributed by atoms with van der Waals surface area (Å²) in [6.07, 6.45) is 2.10. The summed E-state index contributed by atoms with van der Waals surface area (Å²) in [7, 11) is 0. The fourth-order valence-corrected chi connectivity index (χ4v) is 2.02. The molecule has 1 aromatic carbocycles. The summed E-state index contributed by atoms with van der Waals surface area (Å²) in [6, 6.07) is 11.8. The van der Waals surface area contributed by atoms with Gasteiger partial charge in [-0.3, -0.25) is 0 Å². The first kappa shape index (κ1) is 15.6. The molecule has 0 radical (unpaired) electrons. The van der Waals surface area contributed by atoms with Crippen molar-refractivity contribution in [3.05, 3.63) is 54.0 Å². The maximum atomic E-state index is 9.94. The highest BCUT2D eigenvalue weighted by molar-refractivity contribution is 5.27. The summed E-state index contributed by atoms with van der Waals surface area (Å²) < 4.78 is 10.9. The van der Waals surface area contributed by atoms with Gasteiger partial charge in [0.15, 0.2) is 0 Å². The minimum atomic E-state index is -0.562. The van der Waals surface area contributed by atoms with Crippen LogP contribution in [0.15, 0.2) is 47.1 Å². The van der Waals surface area contributed by atoms with Crippen molar-refractivity contribution in [3.63, 3.8) is 0 Å². The van der Waals surface area contributed by atoms with Gasteiger partial charge >= 0.3 is 0 Å². The number of aliphatic hydroxyl groups excluding tert-OH is 1. The molecule has 0 saturated heterocycles. The predicted molar refractivity (Wildman–Crippen MR) is 82.4 cm³/mol. The summed E-state index contributed by atoms with van der Waals surface area (Å²) in [5, 5.41) is 13.2. The molecule has 2 rings (SSSR count). The lowest BCUT2D eigenvalue weighted by Crippen LogP contribution is -2.32. The molecule has 2 N–H and O–H groups in total. The number of aryl methyl sites for hydroxylation is 1. The van der Waals surface area contributed by atoms with E-state index in [2.05, 4.69) is 12.2 Å². The van der Waals surface area contributed by atoms with Gasteiger partial charge in [-0.1, -0.05) is 19.1 Å². The first-order valence-corrected chi connectivity index (χ1v) is 7.35. The Hall–Kier alpha value is -1.78. The molecule has 1 heterocycles. The van der Waals surface area contributed by atoms with Crippen molar-refractivity contribution in [2.24, 2.45) is 0 Å². The molecule has 2 aromatic rings. The van der Waals surface area contributed by atoms with Crippen molar-refractivity contribution in [1.29, 1.82) is 0 Å². The maximum Gasteiger partial charge on any atom is 0.120 e. The van der Waals surface area contributed by atoms with Crippen molar-refractivity contribution in [1.82, 2.24) is 5.32 Å². The van der Waals surface area contributed by atoms with Gasteiger partial charge in [0.2, 0.25) is 0 Å². The second-order valence-corrected chi connectivity index (χ2v) is 5.11. The monoisotopic (exact) mass is 289 g/mol. The van der Waals surface area contributed by atoms with Crippen LogP contribution in [0.2, 0.25) is 0 Å². The number of benzene rings is 1. The number of hydrogen-bond acceptors (Lipinski definition) is 4. The Morgan fingerprint density at radius 1 is 1.24 bits per heavy atom. The van der Waals surface area contributed by atoms with Crippen LogP contribution in [-0.2, 0) is 6.42 Å². The molecular formula is C17H23NO3. The van der Waals surface area contributed by atoms with Crippen LogP contribution in [0.1, 0.15) is 31.2 Å². The Balaban J connectivity index is 1.70. The number of hydrogen-bond donors (Lipinski definition) is 2. The molecule has 4 nitrogen and oxygen atoms in total. The van der Waals surface area contributed by atoms with Crippen LogP contribution in [0.5, 0.6) is 5.75 Å². The smallest absolute Gasteiger partial charge is 0.120 e. The lowest BCUT2D eigenvalue weighted by molar-refractivity contribution is 0.103. The molecule has 0 aliphatic heterocycles. The third kappa shape index (κ3) is 4.92. The Morgan fingerprint density at radius 3 is 2.62 bits per heavy atom. The van der Waals surface area contributed by atoms with Gasteiger partial charge in [0.1, 0.15) is 24.2 Å².